The van der Waals surface area contributed by atoms with E-state index in [1.807, 2.05) is 18.3 Å². The van der Waals surface area contributed by atoms with Gasteiger partial charge in [-0.05, 0) is 37.1 Å². The van der Waals surface area contributed by atoms with Gasteiger partial charge in [0, 0.05) is 44.3 Å². The third kappa shape index (κ3) is 4.93. The lowest BCUT2D eigenvalue weighted by molar-refractivity contribution is 0.133. The standard InChI is InChI=1S/C22H28N3OSi/c1-16-12-17(2)21(18(13-16)15-26-10-11-27(3,4)5)22-19(14-24-25-22)20-8-6-7-9-23-20/h6-7,9,12-14H,10-11,15H2,1-5H3,(H,24,25). The third-order valence-electron chi connectivity index (χ3n) is 4.55. The van der Waals surface area contributed by atoms with Crippen LogP contribution in [0, 0.1) is 19.9 Å². The van der Waals surface area contributed by atoms with E-state index >= 15 is 0 Å². The first-order valence-corrected chi connectivity index (χ1v) is 13.1. The van der Waals surface area contributed by atoms with E-state index in [1.165, 1.54) is 22.7 Å². The predicted molar refractivity (Wildman–Crippen MR) is 113 cm³/mol. The van der Waals surface area contributed by atoms with Crippen molar-refractivity contribution in [1.82, 2.24) is 15.2 Å². The topological polar surface area (TPSA) is 50.8 Å². The minimum atomic E-state index is -1.09. The Morgan fingerprint density at radius 3 is 2.70 bits per heavy atom. The molecule has 3 rings (SSSR count). The molecule has 4 nitrogen and oxygen atoms in total. The highest BCUT2D eigenvalue weighted by Gasteiger charge is 2.18. The largest absolute Gasteiger partial charge is 0.377 e. The number of H-pyrrole nitrogens is 1. The fourth-order valence-electron chi connectivity index (χ4n) is 3.20. The van der Waals surface area contributed by atoms with Crippen molar-refractivity contribution >= 4 is 8.07 Å². The molecule has 0 atom stereocenters. The smallest absolute Gasteiger partial charge is 0.102 e. The molecule has 1 aromatic carbocycles. The summed E-state index contributed by atoms with van der Waals surface area (Å²) in [6.07, 6.45) is 3.67. The number of ether oxygens (including phenoxy) is 1. The van der Waals surface area contributed by atoms with Crippen LogP contribution in [-0.4, -0.2) is 29.9 Å². The van der Waals surface area contributed by atoms with Crippen LogP contribution >= 0.6 is 0 Å². The first kappa shape index (κ1) is 19.5. The van der Waals surface area contributed by atoms with Gasteiger partial charge in [0.1, 0.15) is 5.69 Å². The van der Waals surface area contributed by atoms with E-state index in [9.17, 15) is 0 Å². The summed E-state index contributed by atoms with van der Waals surface area (Å²) in [5, 5.41) is 7.55. The van der Waals surface area contributed by atoms with Crippen LogP contribution in [0.25, 0.3) is 22.5 Å². The van der Waals surface area contributed by atoms with Crippen molar-refractivity contribution in [3.05, 3.63) is 59.4 Å². The molecule has 27 heavy (non-hydrogen) atoms. The Kier molecular flexibility index (Phi) is 5.92. The highest BCUT2D eigenvalue weighted by molar-refractivity contribution is 6.76. The average molecular weight is 379 g/mol. The number of hydrogen-bond acceptors (Lipinski definition) is 3. The first-order valence-electron chi connectivity index (χ1n) is 9.40. The molecule has 1 N–H and O–H groups in total. The Balaban J connectivity index is 1.93. The van der Waals surface area contributed by atoms with Crippen LogP contribution in [0.2, 0.25) is 25.7 Å². The van der Waals surface area contributed by atoms with Crippen molar-refractivity contribution in [2.24, 2.45) is 0 Å². The van der Waals surface area contributed by atoms with E-state index < -0.39 is 8.07 Å². The highest BCUT2D eigenvalue weighted by Crippen LogP contribution is 2.34. The number of hydrogen-bond donors (Lipinski definition) is 1. The van der Waals surface area contributed by atoms with Crippen LogP contribution in [0.15, 0.2) is 36.7 Å². The third-order valence-corrected chi connectivity index (χ3v) is 6.26. The molecule has 0 bridgehead atoms. The molecule has 0 amide bonds. The van der Waals surface area contributed by atoms with Crippen molar-refractivity contribution in [2.75, 3.05) is 6.61 Å². The van der Waals surface area contributed by atoms with E-state index in [2.05, 4.69) is 66.9 Å². The zero-order valence-electron chi connectivity index (χ0n) is 16.9. The summed E-state index contributed by atoms with van der Waals surface area (Å²) in [5.74, 6) is 0. The Bertz CT molecular complexity index is 898. The maximum atomic E-state index is 6.06. The molecule has 141 valence electrons. The fourth-order valence-corrected chi connectivity index (χ4v) is 3.96. The van der Waals surface area contributed by atoms with Gasteiger partial charge in [-0.3, -0.25) is 10.1 Å². The fraction of sp³-hybridized carbons (Fsp3) is 0.364. The van der Waals surface area contributed by atoms with Crippen molar-refractivity contribution in [1.29, 1.82) is 0 Å². The van der Waals surface area contributed by atoms with Gasteiger partial charge < -0.3 is 4.74 Å². The number of nitrogens with zero attached hydrogens (tertiary/aromatic N) is 2. The zero-order valence-corrected chi connectivity index (χ0v) is 17.9. The number of aromatic nitrogens is 3. The van der Waals surface area contributed by atoms with Gasteiger partial charge in [0.2, 0.25) is 0 Å². The minimum absolute atomic E-state index is 0.598. The number of nitrogens with one attached hydrogen (secondary N) is 1. The van der Waals surface area contributed by atoms with Crippen LogP contribution in [-0.2, 0) is 11.3 Å². The van der Waals surface area contributed by atoms with Gasteiger partial charge in [0.25, 0.3) is 0 Å². The lowest BCUT2D eigenvalue weighted by Gasteiger charge is -2.17. The van der Waals surface area contributed by atoms with Crippen LogP contribution in [0.1, 0.15) is 16.7 Å². The average Bonchev–Trinajstić information content (AvgIpc) is 3.07. The maximum Gasteiger partial charge on any atom is 0.102 e. The lowest BCUT2D eigenvalue weighted by Crippen LogP contribution is -2.21. The summed E-state index contributed by atoms with van der Waals surface area (Å²) in [7, 11) is -1.09. The summed E-state index contributed by atoms with van der Waals surface area (Å²) in [5.41, 5.74) is 7.41. The predicted octanol–water partition coefficient (Wildman–Crippen LogP) is 5.41. The van der Waals surface area contributed by atoms with Crippen molar-refractivity contribution in [2.45, 2.75) is 46.1 Å². The molecule has 0 aliphatic rings. The summed E-state index contributed by atoms with van der Waals surface area (Å²) < 4.78 is 6.06. The number of pyridine rings is 1. The molecule has 3 aromatic rings. The number of aromatic amines is 1. The number of benzene rings is 1. The Morgan fingerprint density at radius 1 is 1.19 bits per heavy atom. The molecule has 0 unspecified atom stereocenters. The van der Waals surface area contributed by atoms with Crippen LogP contribution < -0.4 is 0 Å². The van der Waals surface area contributed by atoms with Crippen molar-refractivity contribution in [3.63, 3.8) is 0 Å². The van der Waals surface area contributed by atoms with Gasteiger partial charge in [0.05, 0.1) is 12.3 Å². The molecule has 0 aliphatic heterocycles. The maximum absolute atomic E-state index is 6.06. The summed E-state index contributed by atoms with van der Waals surface area (Å²) >= 11 is 0. The van der Waals surface area contributed by atoms with Gasteiger partial charge in [-0.2, -0.15) is 5.10 Å². The molecule has 0 saturated heterocycles. The van der Waals surface area contributed by atoms with Crippen LogP contribution in [0.5, 0.6) is 0 Å². The number of rotatable bonds is 7. The Morgan fingerprint density at radius 2 is 2.00 bits per heavy atom. The SMILES string of the molecule is Cc1cc(C)c(-c2n[nH]cc2-c2[c]cccn2)c(COCC[Si](C)(C)C)c1. The van der Waals surface area contributed by atoms with Crippen molar-refractivity contribution in [3.8, 4) is 22.5 Å². The highest BCUT2D eigenvalue weighted by atomic mass is 28.3. The number of aryl methyl sites for hydroxylation is 2. The molecular formula is C22H28N3OSi. The van der Waals surface area contributed by atoms with Crippen molar-refractivity contribution < 1.29 is 4.74 Å². The van der Waals surface area contributed by atoms with Gasteiger partial charge >= 0.3 is 0 Å². The Hall–Kier alpha value is -2.24. The molecule has 1 radical (unpaired) electrons. The molecule has 0 fully saturated rings. The minimum Gasteiger partial charge on any atom is -0.377 e. The van der Waals surface area contributed by atoms with Crippen LogP contribution in [0.3, 0.4) is 0 Å². The zero-order chi connectivity index (χ0) is 19.4. The molecule has 2 heterocycles. The summed E-state index contributed by atoms with van der Waals surface area (Å²) in [4.78, 5) is 4.44. The van der Waals surface area contributed by atoms with E-state index in [0.29, 0.717) is 6.61 Å². The molecule has 5 heteroatoms. The second kappa shape index (κ2) is 8.19. The second-order valence-corrected chi connectivity index (χ2v) is 13.9. The van der Waals surface area contributed by atoms with Gasteiger partial charge in [-0.15, -0.1) is 0 Å². The lowest BCUT2D eigenvalue weighted by atomic mass is 9.94. The van der Waals surface area contributed by atoms with Crippen LogP contribution in [0.4, 0.5) is 0 Å². The molecule has 0 aliphatic carbocycles. The quantitative estimate of drug-likeness (QED) is 0.442. The first-order chi connectivity index (χ1) is 12.8. The van der Waals surface area contributed by atoms with E-state index in [0.717, 1.165) is 29.1 Å². The Labute approximate surface area is 163 Å². The molecular weight excluding hydrogens is 350 g/mol. The second-order valence-electron chi connectivity index (χ2n) is 8.26. The van der Waals surface area contributed by atoms with E-state index in [4.69, 9.17) is 4.74 Å². The molecule has 0 saturated carbocycles. The normalized spacial score (nSPS) is 11.7. The van der Waals surface area contributed by atoms with Gasteiger partial charge in [-0.25, -0.2) is 0 Å². The van der Waals surface area contributed by atoms with Gasteiger partial charge in [-0.1, -0.05) is 43.4 Å². The van der Waals surface area contributed by atoms with Gasteiger partial charge in [0.15, 0.2) is 0 Å². The molecule has 0 spiro atoms. The van der Waals surface area contributed by atoms with E-state index in [-0.39, 0.29) is 0 Å². The van der Waals surface area contributed by atoms with E-state index in [1.54, 1.807) is 6.20 Å². The summed E-state index contributed by atoms with van der Waals surface area (Å²) in [6.45, 7) is 12.8. The molecule has 2 aromatic heterocycles. The summed E-state index contributed by atoms with van der Waals surface area (Å²) in [6, 6.07) is 12.5. The monoisotopic (exact) mass is 378 g/mol.